The molecule has 0 aliphatic carbocycles. The lowest BCUT2D eigenvalue weighted by atomic mass is 9.91. The van der Waals surface area contributed by atoms with Crippen LogP contribution in [0, 0.1) is 0 Å². The molecule has 30 heavy (non-hydrogen) atoms. The topological polar surface area (TPSA) is 97.0 Å². The number of ether oxygens (including phenoxy) is 2. The van der Waals surface area contributed by atoms with Gasteiger partial charge in [0.05, 0.1) is 0 Å². The van der Waals surface area contributed by atoms with E-state index in [2.05, 4.69) is 10.6 Å². The number of urea groups is 1. The third-order valence-corrected chi connectivity index (χ3v) is 5.50. The Kier molecular flexibility index (Phi) is 5.26. The standard InChI is InChI=1S/C21H20ClN3O5/c1-21(14-6-7-16-17(10-14)30-9-8-29-16)19(27)25(20(28)24-21)12-18(26)23-11-13-4-2-3-5-15(13)22/h2-7,10H,8-9,11-12H2,1H3,(H,23,26)(H,24,28)/t21-/m0/s1. The second kappa shape index (κ2) is 7.87. The fraction of sp³-hybridized carbons (Fsp3) is 0.286. The number of rotatable bonds is 5. The molecule has 2 aliphatic rings. The fourth-order valence-corrected chi connectivity index (χ4v) is 3.63. The molecule has 4 amide bonds. The Labute approximate surface area is 178 Å². The molecule has 2 aliphatic heterocycles. The summed E-state index contributed by atoms with van der Waals surface area (Å²) in [6, 6.07) is 11.6. The fourth-order valence-electron chi connectivity index (χ4n) is 3.43. The van der Waals surface area contributed by atoms with E-state index in [1.807, 2.05) is 6.07 Å². The molecule has 0 radical (unpaired) electrons. The first-order chi connectivity index (χ1) is 14.4. The van der Waals surface area contributed by atoms with Crippen molar-refractivity contribution in [1.29, 1.82) is 0 Å². The Morgan fingerprint density at radius 3 is 2.67 bits per heavy atom. The molecule has 2 aromatic rings. The minimum absolute atomic E-state index is 0.196. The summed E-state index contributed by atoms with van der Waals surface area (Å²) in [5, 5.41) is 5.89. The largest absolute Gasteiger partial charge is 0.486 e. The van der Waals surface area contributed by atoms with Gasteiger partial charge in [-0.25, -0.2) is 4.79 Å². The zero-order chi connectivity index (χ0) is 21.3. The van der Waals surface area contributed by atoms with Gasteiger partial charge >= 0.3 is 6.03 Å². The van der Waals surface area contributed by atoms with Gasteiger partial charge in [-0.15, -0.1) is 0 Å². The molecule has 1 saturated heterocycles. The Bertz CT molecular complexity index is 1030. The third kappa shape index (κ3) is 3.66. The van der Waals surface area contributed by atoms with Crippen LogP contribution in [0.5, 0.6) is 11.5 Å². The first-order valence-corrected chi connectivity index (χ1v) is 9.80. The molecule has 9 heteroatoms. The van der Waals surface area contributed by atoms with Crippen LogP contribution in [0.3, 0.4) is 0 Å². The van der Waals surface area contributed by atoms with Gasteiger partial charge in [-0.3, -0.25) is 14.5 Å². The SMILES string of the molecule is C[C@@]1(c2ccc3c(c2)OCCO3)NC(=O)N(CC(=O)NCc2ccccc2Cl)C1=O. The number of halogens is 1. The van der Waals surface area contributed by atoms with Crippen molar-refractivity contribution in [2.24, 2.45) is 0 Å². The van der Waals surface area contributed by atoms with Crippen LogP contribution < -0.4 is 20.1 Å². The lowest BCUT2D eigenvalue weighted by Crippen LogP contribution is -2.43. The van der Waals surface area contributed by atoms with Gasteiger partial charge in [0.2, 0.25) is 5.91 Å². The van der Waals surface area contributed by atoms with Gasteiger partial charge in [-0.1, -0.05) is 35.9 Å². The average Bonchev–Trinajstić information content (AvgIpc) is 2.96. The normalized spacial score (nSPS) is 20.1. The molecular weight excluding hydrogens is 410 g/mol. The molecule has 0 bridgehead atoms. The summed E-state index contributed by atoms with van der Waals surface area (Å²) in [5.41, 5.74) is -0.0226. The van der Waals surface area contributed by atoms with Crippen molar-refractivity contribution < 1.29 is 23.9 Å². The molecule has 0 spiro atoms. The van der Waals surface area contributed by atoms with Crippen LogP contribution in [0.15, 0.2) is 42.5 Å². The predicted molar refractivity (Wildman–Crippen MR) is 108 cm³/mol. The number of carbonyl (C=O) groups is 3. The average molecular weight is 430 g/mol. The summed E-state index contributed by atoms with van der Waals surface area (Å²) < 4.78 is 11.1. The van der Waals surface area contributed by atoms with Crippen LogP contribution in [0.1, 0.15) is 18.1 Å². The van der Waals surface area contributed by atoms with Crippen LogP contribution in [0.2, 0.25) is 5.02 Å². The number of hydrogen-bond donors (Lipinski definition) is 2. The molecule has 2 aromatic carbocycles. The highest BCUT2D eigenvalue weighted by molar-refractivity contribution is 6.31. The predicted octanol–water partition coefficient (Wildman–Crippen LogP) is 2.19. The maximum Gasteiger partial charge on any atom is 0.325 e. The van der Waals surface area contributed by atoms with Crippen LogP contribution >= 0.6 is 11.6 Å². The van der Waals surface area contributed by atoms with Gasteiger partial charge < -0.3 is 20.1 Å². The quantitative estimate of drug-likeness (QED) is 0.710. The number of carbonyl (C=O) groups excluding carboxylic acids is 3. The van der Waals surface area contributed by atoms with E-state index >= 15 is 0 Å². The molecular formula is C21H20ClN3O5. The first-order valence-electron chi connectivity index (χ1n) is 9.43. The van der Waals surface area contributed by atoms with Crippen molar-refractivity contribution in [2.45, 2.75) is 19.0 Å². The van der Waals surface area contributed by atoms with Gasteiger partial charge in [0, 0.05) is 11.6 Å². The molecule has 0 saturated carbocycles. The monoisotopic (exact) mass is 429 g/mol. The van der Waals surface area contributed by atoms with Gasteiger partial charge in [-0.2, -0.15) is 0 Å². The van der Waals surface area contributed by atoms with Gasteiger partial charge in [-0.05, 0) is 36.2 Å². The van der Waals surface area contributed by atoms with E-state index < -0.39 is 29.9 Å². The number of amides is 4. The van der Waals surface area contributed by atoms with E-state index in [9.17, 15) is 14.4 Å². The molecule has 0 aromatic heterocycles. The van der Waals surface area contributed by atoms with E-state index in [1.54, 1.807) is 43.3 Å². The summed E-state index contributed by atoms with van der Waals surface area (Å²) in [4.78, 5) is 38.8. The van der Waals surface area contributed by atoms with Crippen molar-refractivity contribution in [2.75, 3.05) is 19.8 Å². The minimum Gasteiger partial charge on any atom is -0.486 e. The molecule has 2 heterocycles. The molecule has 1 atom stereocenters. The maximum atomic E-state index is 13.0. The lowest BCUT2D eigenvalue weighted by molar-refractivity contribution is -0.134. The molecule has 156 valence electrons. The van der Waals surface area contributed by atoms with Crippen LogP contribution in [-0.4, -0.2) is 42.5 Å². The summed E-state index contributed by atoms with van der Waals surface area (Å²) in [5.74, 6) is 0.112. The highest BCUT2D eigenvalue weighted by Crippen LogP contribution is 2.36. The summed E-state index contributed by atoms with van der Waals surface area (Å²) >= 11 is 6.08. The van der Waals surface area contributed by atoms with E-state index in [1.165, 1.54) is 0 Å². The number of fused-ring (bicyclic) bond motifs is 1. The Morgan fingerprint density at radius 1 is 1.17 bits per heavy atom. The van der Waals surface area contributed by atoms with Gasteiger partial charge in [0.15, 0.2) is 11.5 Å². The van der Waals surface area contributed by atoms with E-state index in [-0.39, 0.29) is 6.54 Å². The molecule has 8 nitrogen and oxygen atoms in total. The third-order valence-electron chi connectivity index (χ3n) is 5.13. The van der Waals surface area contributed by atoms with Crippen molar-refractivity contribution in [3.8, 4) is 11.5 Å². The Hall–Kier alpha value is -3.26. The molecule has 4 rings (SSSR count). The maximum absolute atomic E-state index is 13.0. The number of benzene rings is 2. The van der Waals surface area contributed by atoms with Crippen LogP contribution in [-0.2, 0) is 21.7 Å². The number of nitrogens with one attached hydrogen (secondary N) is 2. The summed E-state index contributed by atoms with van der Waals surface area (Å²) in [6.07, 6.45) is 0. The first kappa shape index (κ1) is 20.0. The van der Waals surface area contributed by atoms with Crippen molar-refractivity contribution in [3.05, 3.63) is 58.6 Å². The zero-order valence-corrected chi connectivity index (χ0v) is 17.0. The van der Waals surface area contributed by atoms with Crippen LogP contribution in [0.25, 0.3) is 0 Å². The van der Waals surface area contributed by atoms with Crippen molar-refractivity contribution in [1.82, 2.24) is 15.5 Å². The second-order valence-electron chi connectivity index (χ2n) is 7.17. The van der Waals surface area contributed by atoms with Gasteiger partial charge in [0.25, 0.3) is 5.91 Å². The number of nitrogens with zero attached hydrogens (tertiary/aromatic N) is 1. The summed E-state index contributed by atoms with van der Waals surface area (Å²) in [6.45, 7) is 2.26. The van der Waals surface area contributed by atoms with E-state index in [4.69, 9.17) is 21.1 Å². The van der Waals surface area contributed by atoms with Crippen LogP contribution in [0.4, 0.5) is 4.79 Å². The van der Waals surface area contributed by atoms with Gasteiger partial charge in [0.1, 0.15) is 25.3 Å². The zero-order valence-electron chi connectivity index (χ0n) is 16.2. The molecule has 2 N–H and O–H groups in total. The molecule has 0 unspecified atom stereocenters. The summed E-state index contributed by atoms with van der Waals surface area (Å²) in [7, 11) is 0. The molecule has 1 fully saturated rings. The van der Waals surface area contributed by atoms with Crippen molar-refractivity contribution >= 4 is 29.4 Å². The van der Waals surface area contributed by atoms with E-state index in [0.29, 0.717) is 35.3 Å². The number of hydrogen-bond acceptors (Lipinski definition) is 5. The second-order valence-corrected chi connectivity index (χ2v) is 7.58. The lowest BCUT2D eigenvalue weighted by Gasteiger charge is -2.25. The number of imide groups is 1. The highest BCUT2D eigenvalue weighted by atomic mass is 35.5. The Balaban J connectivity index is 1.46. The van der Waals surface area contributed by atoms with Crippen molar-refractivity contribution in [3.63, 3.8) is 0 Å². The minimum atomic E-state index is -1.31. The Morgan fingerprint density at radius 2 is 1.90 bits per heavy atom. The van der Waals surface area contributed by atoms with E-state index in [0.717, 1.165) is 10.5 Å². The smallest absolute Gasteiger partial charge is 0.325 e. The highest BCUT2D eigenvalue weighted by Gasteiger charge is 2.49.